The van der Waals surface area contributed by atoms with Crippen molar-refractivity contribution in [3.63, 3.8) is 0 Å². The summed E-state index contributed by atoms with van der Waals surface area (Å²) in [5.41, 5.74) is 1.08. The summed E-state index contributed by atoms with van der Waals surface area (Å²) >= 11 is 1.53. The van der Waals surface area contributed by atoms with Crippen LogP contribution in [-0.4, -0.2) is 23.5 Å². The van der Waals surface area contributed by atoms with Gasteiger partial charge in [-0.15, -0.1) is 0 Å². The number of nitrogens with one attached hydrogen (secondary N) is 2. The lowest BCUT2D eigenvalue weighted by molar-refractivity contribution is 0.602. The maximum absolute atomic E-state index is 4.39. The first-order chi connectivity index (χ1) is 7.77. The van der Waals surface area contributed by atoms with Gasteiger partial charge in [0.25, 0.3) is 0 Å². The van der Waals surface area contributed by atoms with E-state index < -0.39 is 0 Å². The van der Waals surface area contributed by atoms with E-state index in [1.807, 2.05) is 18.2 Å². The number of rotatable bonds is 5. The number of benzene rings is 1. The third-order valence-corrected chi connectivity index (χ3v) is 3.18. The van der Waals surface area contributed by atoms with E-state index in [9.17, 15) is 0 Å². The van der Waals surface area contributed by atoms with Crippen molar-refractivity contribution in [2.24, 2.45) is 0 Å². The zero-order chi connectivity index (χ0) is 11.4. The first kappa shape index (κ1) is 11.4. The average Bonchev–Trinajstić information content (AvgIpc) is 2.68. The SMILES string of the molecule is CC(C)NCCNc1snc2ccccc12. The highest BCUT2D eigenvalue weighted by molar-refractivity contribution is 7.11. The summed E-state index contributed by atoms with van der Waals surface area (Å²) in [6.45, 7) is 6.22. The molecular formula is C12H17N3S. The van der Waals surface area contributed by atoms with Gasteiger partial charge in [0.15, 0.2) is 0 Å². The molecule has 0 amide bonds. The van der Waals surface area contributed by atoms with Crippen LogP contribution >= 0.6 is 11.5 Å². The molecule has 16 heavy (non-hydrogen) atoms. The molecule has 2 aromatic rings. The van der Waals surface area contributed by atoms with Gasteiger partial charge in [-0.2, -0.15) is 4.37 Å². The van der Waals surface area contributed by atoms with E-state index in [-0.39, 0.29) is 0 Å². The van der Waals surface area contributed by atoms with Gasteiger partial charge < -0.3 is 10.6 Å². The van der Waals surface area contributed by atoms with E-state index >= 15 is 0 Å². The fraction of sp³-hybridized carbons (Fsp3) is 0.417. The first-order valence-electron chi connectivity index (χ1n) is 5.59. The van der Waals surface area contributed by atoms with Gasteiger partial charge in [-0.3, -0.25) is 0 Å². The van der Waals surface area contributed by atoms with Crippen molar-refractivity contribution >= 4 is 27.4 Å². The van der Waals surface area contributed by atoms with Crippen LogP contribution in [0.5, 0.6) is 0 Å². The topological polar surface area (TPSA) is 37.0 Å². The van der Waals surface area contributed by atoms with Crippen LogP contribution in [0.4, 0.5) is 5.00 Å². The Bertz CT molecular complexity index is 450. The molecule has 0 saturated carbocycles. The smallest absolute Gasteiger partial charge is 0.117 e. The Balaban J connectivity index is 1.94. The molecule has 0 bridgehead atoms. The van der Waals surface area contributed by atoms with Crippen molar-refractivity contribution in [1.82, 2.24) is 9.69 Å². The van der Waals surface area contributed by atoms with Crippen molar-refractivity contribution in [3.8, 4) is 0 Å². The molecule has 0 spiro atoms. The lowest BCUT2D eigenvalue weighted by atomic mass is 10.2. The third kappa shape index (κ3) is 2.71. The monoisotopic (exact) mass is 235 g/mol. The normalized spacial score (nSPS) is 11.2. The van der Waals surface area contributed by atoms with E-state index in [1.165, 1.54) is 21.9 Å². The van der Waals surface area contributed by atoms with Gasteiger partial charge in [-0.05, 0) is 23.7 Å². The molecule has 0 radical (unpaired) electrons. The summed E-state index contributed by atoms with van der Waals surface area (Å²) in [6, 6.07) is 8.76. The summed E-state index contributed by atoms with van der Waals surface area (Å²) < 4.78 is 4.39. The van der Waals surface area contributed by atoms with E-state index in [2.05, 4.69) is 34.9 Å². The molecule has 4 heteroatoms. The second-order valence-corrected chi connectivity index (χ2v) is 4.84. The first-order valence-corrected chi connectivity index (χ1v) is 6.36. The second-order valence-electron chi connectivity index (χ2n) is 4.06. The Labute approximate surface area is 100 Å². The zero-order valence-electron chi connectivity index (χ0n) is 9.66. The molecule has 0 atom stereocenters. The van der Waals surface area contributed by atoms with Crippen LogP contribution in [0.1, 0.15) is 13.8 Å². The highest BCUT2D eigenvalue weighted by atomic mass is 32.1. The molecule has 2 rings (SSSR count). The molecule has 1 heterocycles. The summed E-state index contributed by atoms with van der Waals surface area (Å²) in [4.78, 5) is 0. The fourth-order valence-electron chi connectivity index (χ4n) is 1.55. The van der Waals surface area contributed by atoms with Crippen molar-refractivity contribution in [1.29, 1.82) is 0 Å². The molecule has 0 saturated heterocycles. The predicted octanol–water partition coefficient (Wildman–Crippen LogP) is 2.71. The van der Waals surface area contributed by atoms with E-state index in [0.29, 0.717) is 6.04 Å². The lowest BCUT2D eigenvalue weighted by Crippen LogP contribution is -2.28. The highest BCUT2D eigenvalue weighted by Crippen LogP contribution is 2.26. The van der Waals surface area contributed by atoms with Crippen LogP contribution in [-0.2, 0) is 0 Å². The van der Waals surface area contributed by atoms with Crippen LogP contribution < -0.4 is 10.6 Å². The Morgan fingerprint density at radius 1 is 1.25 bits per heavy atom. The van der Waals surface area contributed by atoms with Gasteiger partial charge in [-0.1, -0.05) is 26.0 Å². The lowest BCUT2D eigenvalue weighted by Gasteiger charge is -2.08. The van der Waals surface area contributed by atoms with Crippen molar-refractivity contribution in [2.45, 2.75) is 19.9 Å². The Hall–Kier alpha value is -1.13. The summed E-state index contributed by atoms with van der Waals surface area (Å²) in [5, 5.41) is 9.18. The number of anilines is 1. The van der Waals surface area contributed by atoms with Crippen LogP contribution in [0.2, 0.25) is 0 Å². The van der Waals surface area contributed by atoms with Gasteiger partial charge in [0.2, 0.25) is 0 Å². The zero-order valence-corrected chi connectivity index (χ0v) is 10.5. The third-order valence-electron chi connectivity index (χ3n) is 2.35. The predicted molar refractivity (Wildman–Crippen MR) is 71.2 cm³/mol. The number of fused-ring (bicyclic) bond motifs is 1. The van der Waals surface area contributed by atoms with Crippen molar-refractivity contribution in [2.75, 3.05) is 18.4 Å². The molecule has 0 fully saturated rings. The standard InChI is InChI=1S/C12H17N3S/c1-9(2)13-7-8-14-12-10-5-3-4-6-11(10)15-16-12/h3-6,9,13-14H,7-8H2,1-2H3. The van der Waals surface area contributed by atoms with E-state index in [4.69, 9.17) is 0 Å². The number of nitrogens with zero attached hydrogens (tertiary/aromatic N) is 1. The quantitative estimate of drug-likeness (QED) is 0.782. The minimum atomic E-state index is 0.542. The van der Waals surface area contributed by atoms with Gasteiger partial charge in [0.05, 0.1) is 5.52 Å². The Kier molecular flexibility index (Phi) is 3.74. The molecule has 0 aliphatic carbocycles. The highest BCUT2D eigenvalue weighted by Gasteiger charge is 2.03. The van der Waals surface area contributed by atoms with Gasteiger partial charge in [0.1, 0.15) is 5.00 Å². The van der Waals surface area contributed by atoms with E-state index in [1.54, 1.807) is 0 Å². The Morgan fingerprint density at radius 2 is 2.06 bits per heavy atom. The number of aromatic nitrogens is 1. The largest absolute Gasteiger partial charge is 0.374 e. The summed E-state index contributed by atoms with van der Waals surface area (Å²) in [5.74, 6) is 0. The second kappa shape index (κ2) is 5.27. The van der Waals surface area contributed by atoms with Gasteiger partial charge in [-0.25, -0.2) is 0 Å². The minimum Gasteiger partial charge on any atom is -0.374 e. The summed E-state index contributed by atoms with van der Waals surface area (Å²) in [6.07, 6.45) is 0. The molecule has 0 unspecified atom stereocenters. The van der Waals surface area contributed by atoms with Crippen LogP contribution in [0.15, 0.2) is 24.3 Å². The fourth-order valence-corrected chi connectivity index (χ4v) is 2.34. The van der Waals surface area contributed by atoms with Gasteiger partial charge >= 0.3 is 0 Å². The summed E-state index contributed by atoms with van der Waals surface area (Å²) in [7, 11) is 0. The maximum Gasteiger partial charge on any atom is 0.117 e. The number of hydrogen-bond acceptors (Lipinski definition) is 4. The molecule has 2 N–H and O–H groups in total. The van der Waals surface area contributed by atoms with Gasteiger partial charge in [0, 0.05) is 24.5 Å². The van der Waals surface area contributed by atoms with Crippen LogP contribution in [0.3, 0.4) is 0 Å². The van der Waals surface area contributed by atoms with E-state index in [0.717, 1.165) is 18.6 Å². The minimum absolute atomic E-state index is 0.542. The molecule has 0 aliphatic rings. The maximum atomic E-state index is 4.39. The molecule has 86 valence electrons. The average molecular weight is 235 g/mol. The van der Waals surface area contributed by atoms with Crippen molar-refractivity contribution in [3.05, 3.63) is 24.3 Å². The van der Waals surface area contributed by atoms with Crippen molar-refractivity contribution < 1.29 is 0 Å². The van der Waals surface area contributed by atoms with Crippen LogP contribution in [0.25, 0.3) is 10.9 Å². The molecule has 3 nitrogen and oxygen atoms in total. The molecule has 0 aliphatic heterocycles. The van der Waals surface area contributed by atoms with Crippen LogP contribution in [0, 0.1) is 0 Å². The molecule has 1 aromatic carbocycles. The molecular weight excluding hydrogens is 218 g/mol. The number of hydrogen-bond donors (Lipinski definition) is 2. The molecule has 1 aromatic heterocycles. The Morgan fingerprint density at radius 3 is 2.88 bits per heavy atom.